The fourth-order valence-corrected chi connectivity index (χ4v) is 3.99. The van der Waals surface area contributed by atoms with E-state index >= 15 is 0 Å². The summed E-state index contributed by atoms with van der Waals surface area (Å²) in [6.07, 6.45) is 0.849. The van der Waals surface area contributed by atoms with E-state index in [2.05, 4.69) is 68.4 Å². The van der Waals surface area contributed by atoms with Gasteiger partial charge in [0.2, 0.25) is 0 Å². The fraction of sp³-hybridized carbons (Fsp3) is 0.208. The van der Waals surface area contributed by atoms with Crippen molar-refractivity contribution in [2.45, 2.75) is 25.8 Å². The van der Waals surface area contributed by atoms with E-state index in [0.717, 1.165) is 23.1 Å². The van der Waals surface area contributed by atoms with Crippen LogP contribution in [0.25, 0.3) is 0 Å². The summed E-state index contributed by atoms with van der Waals surface area (Å²) in [5.41, 5.74) is 5.13. The van der Waals surface area contributed by atoms with Crippen LogP contribution in [0, 0.1) is 6.92 Å². The predicted octanol–water partition coefficient (Wildman–Crippen LogP) is 4.96. The second kappa shape index (κ2) is 6.45. The van der Waals surface area contributed by atoms with Gasteiger partial charge in [-0.15, -0.1) is 0 Å². The lowest BCUT2D eigenvalue weighted by molar-refractivity contribution is 0.0654. The SMILES string of the molecule is Cc1ccc(C2(C)c3ccccc3C(=O)N2CCc2ccccc2)cc1. The summed E-state index contributed by atoms with van der Waals surface area (Å²) in [7, 11) is 0. The van der Waals surface area contributed by atoms with Crippen LogP contribution in [-0.2, 0) is 12.0 Å². The molecule has 1 heterocycles. The van der Waals surface area contributed by atoms with Crippen molar-refractivity contribution in [2.75, 3.05) is 6.54 Å². The van der Waals surface area contributed by atoms with Crippen LogP contribution in [0.1, 0.15) is 39.5 Å². The summed E-state index contributed by atoms with van der Waals surface area (Å²) in [5.74, 6) is 0.125. The van der Waals surface area contributed by atoms with E-state index in [4.69, 9.17) is 0 Å². The second-order valence-electron chi connectivity index (χ2n) is 7.18. The molecule has 1 aliphatic rings. The average Bonchev–Trinajstić information content (AvgIpc) is 2.90. The topological polar surface area (TPSA) is 20.3 Å². The molecule has 0 aliphatic carbocycles. The Balaban J connectivity index is 1.76. The number of fused-ring (bicyclic) bond motifs is 1. The van der Waals surface area contributed by atoms with E-state index in [1.54, 1.807) is 0 Å². The predicted molar refractivity (Wildman–Crippen MR) is 105 cm³/mol. The minimum Gasteiger partial charge on any atom is -0.325 e. The highest BCUT2D eigenvalue weighted by atomic mass is 16.2. The fourth-order valence-electron chi connectivity index (χ4n) is 3.99. The summed E-state index contributed by atoms with van der Waals surface area (Å²) in [4.78, 5) is 15.2. The van der Waals surface area contributed by atoms with Crippen LogP contribution in [0.5, 0.6) is 0 Å². The number of nitrogens with zero attached hydrogens (tertiary/aromatic N) is 1. The number of aryl methyl sites for hydroxylation is 1. The molecule has 0 saturated heterocycles. The van der Waals surface area contributed by atoms with E-state index < -0.39 is 5.54 Å². The Morgan fingerprint density at radius 2 is 1.50 bits per heavy atom. The number of carbonyl (C=O) groups excluding carboxylic acids is 1. The molecule has 1 amide bonds. The number of rotatable bonds is 4. The van der Waals surface area contributed by atoms with Crippen molar-refractivity contribution in [3.05, 3.63) is 107 Å². The third-order valence-corrected chi connectivity index (χ3v) is 5.55. The van der Waals surface area contributed by atoms with Gasteiger partial charge in [0, 0.05) is 12.1 Å². The van der Waals surface area contributed by atoms with E-state index in [-0.39, 0.29) is 5.91 Å². The van der Waals surface area contributed by atoms with Gasteiger partial charge < -0.3 is 4.90 Å². The Morgan fingerprint density at radius 3 is 2.23 bits per heavy atom. The Bertz CT molecular complexity index is 930. The molecule has 1 atom stereocenters. The molecule has 0 aromatic heterocycles. The first-order chi connectivity index (χ1) is 12.6. The van der Waals surface area contributed by atoms with E-state index in [0.29, 0.717) is 6.54 Å². The van der Waals surface area contributed by atoms with Crippen molar-refractivity contribution in [3.8, 4) is 0 Å². The number of hydrogen-bond acceptors (Lipinski definition) is 1. The molecule has 2 nitrogen and oxygen atoms in total. The van der Waals surface area contributed by atoms with E-state index in [1.807, 2.05) is 29.2 Å². The van der Waals surface area contributed by atoms with Gasteiger partial charge in [0.1, 0.15) is 0 Å². The Kier molecular flexibility index (Phi) is 4.12. The van der Waals surface area contributed by atoms with Crippen molar-refractivity contribution >= 4 is 5.91 Å². The first kappa shape index (κ1) is 16.6. The van der Waals surface area contributed by atoms with Gasteiger partial charge in [0.15, 0.2) is 0 Å². The second-order valence-corrected chi connectivity index (χ2v) is 7.18. The van der Waals surface area contributed by atoms with Gasteiger partial charge in [-0.05, 0) is 43.0 Å². The van der Waals surface area contributed by atoms with Crippen molar-refractivity contribution in [1.29, 1.82) is 0 Å². The number of carbonyl (C=O) groups is 1. The van der Waals surface area contributed by atoms with Crippen LogP contribution in [0.2, 0.25) is 0 Å². The summed E-state index contributed by atoms with van der Waals surface area (Å²) in [5, 5.41) is 0. The standard InChI is InChI=1S/C24H23NO/c1-18-12-14-20(15-13-18)24(2)22-11-7-6-10-21(22)23(26)25(24)17-16-19-8-4-3-5-9-19/h3-15H,16-17H2,1-2H3. The van der Waals surface area contributed by atoms with Crippen molar-refractivity contribution in [1.82, 2.24) is 4.90 Å². The zero-order valence-corrected chi connectivity index (χ0v) is 15.3. The van der Waals surface area contributed by atoms with Gasteiger partial charge in [-0.25, -0.2) is 0 Å². The summed E-state index contributed by atoms with van der Waals surface area (Å²) >= 11 is 0. The number of amides is 1. The maximum atomic E-state index is 13.2. The molecule has 0 bridgehead atoms. The van der Waals surface area contributed by atoms with Gasteiger partial charge in [0.25, 0.3) is 5.91 Å². The van der Waals surface area contributed by atoms with Crippen LogP contribution >= 0.6 is 0 Å². The zero-order valence-electron chi connectivity index (χ0n) is 15.3. The molecule has 3 aromatic rings. The minimum atomic E-state index is -0.434. The average molecular weight is 341 g/mol. The lowest BCUT2D eigenvalue weighted by atomic mass is 9.84. The normalized spacial score (nSPS) is 18.8. The highest BCUT2D eigenvalue weighted by Gasteiger charge is 2.46. The third-order valence-electron chi connectivity index (χ3n) is 5.55. The monoisotopic (exact) mass is 341 g/mol. The van der Waals surface area contributed by atoms with Crippen LogP contribution in [0.15, 0.2) is 78.9 Å². The molecule has 2 heteroatoms. The van der Waals surface area contributed by atoms with Crippen LogP contribution in [-0.4, -0.2) is 17.4 Å². The minimum absolute atomic E-state index is 0.125. The molecule has 130 valence electrons. The van der Waals surface area contributed by atoms with Gasteiger partial charge in [-0.2, -0.15) is 0 Å². The number of benzene rings is 3. The lowest BCUT2D eigenvalue weighted by Gasteiger charge is -2.37. The van der Waals surface area contributed by atoms with Crippen LogP contribution < -0.4 is 0 Å². The van der Waals surface area contributed by atoms with Gasteiger partial charge in [-0.3, -0.25) is 4.79 Å². The van der Waals surface area contributed by atoms with E-state index in [1.165, 1.54) is 11.1 Å². The molecule has 1 aliphatic heterocycles. The summed E-state index contributed by atoms with van der Waals surface area (Å²) in [6, 6.07) is 27.0. The van der Waals surface area contributed by atoms with Crippen molar-refractivity contribution < 1.29 is 4.79 Å². The third kappa shape index (κ3) is 2.62. The summed E-state index contributed by atoms with van der Waals surface area (Å²) < 4.78 is 0. The van der Waals surface area contributed by atoms with Crippen molar-refractivity contribution in [3.63, 3.8) is 0 Å². The largest absolute Gasteiger partial charge is 0.325 e. The van der Waals surface area contributed by atoms with Gasteiger partial charge >= 0.3 is 0 Å². The molecule has 0 radical (unpaired) electrons. The molecule has 26 heavy (non-hydrogen) atoms. The molecule has 1 unspecified atom stereocenters. The van der Waals surface area contributed by atoms with E-state index in [9.17, 15) is 4.79 Å². The maximum absolute atomic E-state index is 13.2. The lowest BCUT2D eigenvalue weighted by Crippen LogP contribution is -2.43. The van der Waals surface area contributed by atoms with Crippen LogP contribution in [0.4, 0.5) is 0 Å². The molecule has 0 spiro atoms. The molecule has 0 fully saturated rings. The number of hydrogen-bond donors (Lipinski definition) is 0. The zero-order chi connectivity index (χ0) is 18.1. The Morgan fingerprint density at radius 1 is 0.846 bits per heavy atom. The molecular formula is C24H23NO. The molecule has 0 N–H and O–H groups in total. The highest BCUT2D eigenvalue weighted by molar-refractivity contribution is 6.00. The Hall–Kier alpha value is -2.87. The molecule has 0 saturated carbocycles. The Labute approximate surface area is 155 Å². The van der Waals surface area contributed by atoms with Crippen LogP contribution in [0.3, 0.4) is 0 Å². The van der Waals surface area contributed by atoms with Crippen molar-refractivity contribution in [2.24, 2.45) is 0 Å². The first-order valence-corrected chi connectivity index (χ1v) is 9.13. The maximum Gasteiger partial charge on any atom is 0.255 e. The van der Waals surface area contributed by atoms with Gasteiger partial charge in [0.05, 0.1) is 5.54 Å². The molecule has 3 aromatic carbocycles. The summed E-state index contributed by atoms with van der Waals surface area (Å²) in [6.45, 7) is 4.96. The van der Waals surface area contributed by atoms with Gasteiger partial charge in [-0.1, -0.05) is 78.4 Å². The first-order valence-electron chi connectivity index (χ1n) is 9.13. The molecule has 4 rings (SSSR count). The molecular weight excluding hydrogens is 318 g/mol. The quantitative estimate of drug-likeness (QED) is 0.657. The smallest absolute Gasteiger partial charge is 0.255 e. The highest BCUT2D eigenvalue weighted by Crippen LogP contribution is 2.43.